The molecule has 0 aromatic heterocycles. The SMILES string of the molecule is CCOc1ccc(C(C#N)NC(=O)OC(C)(C)C)cc1. The lowest BCUT2D eigenvalue weighted by Crippen LogP contribution is -2.34. The zero-order chi connectivity index (χ0) is 15.2. The van der Waals surface area contributed by atoms with Gasteiger partial charge in [0.2, 0.25) is 0 Å². The van der Waals surface area contributed by atoms with E-state index < -0.39 is 17.7 Å². The lowest BCUT2D eigenvalue weighted by atomic mass is 10.1. The first-order valence-corrected chi connectivity index (χ1v) is 6.47. The number of ether oxygens (including phenoxy) is 2. The summed E-state index contributed by atoms with van der Waals surface area (Å²) in [7, 11) is 0. The summed E-state index contributed by atoms with van der Waals surface area (Å²) in [5, 5.41) is 11.7. The molecule has 0 aliphatic heterocycles. The smallest absolute Gasteiger partial charge is 0.408 e. The number of hydrogen-bond donors (Lipinski definition) is 1. The molecule has 0 bridgehead atoms. The number of hydrogen-bond acceptors (Lipinski definition) is 4. The van der Waals surface area contributed by atoms with Crippen molar-refractivity contribution < 1.29 is 14.3 Å². The maximum atomic E-state index is 11.7. The highest BCUT2D eigenvalue weighted by Crippen LogP contribution is 2.18. The Hall–Kier alpha value is -2.22. The predicted octanol–water partition coefficient (Wildman–Crippen LogP) is 3.17. The average Bonchev–Trinajstić information content (AvgIpc) is 2.35. The van der Waals surface area contributed by atoms with E-state index in [-0.39, 0.29) is 0 Å². The summed E-state index contributed by atoms with van der Waals surface area (Å²) in [4.78, 5) is 11.7. The Bertz CT molecular complexity index is 483. The third-order valence-corrected chi connectivity index (χ3v) is 2.31. The average molecular weight is 276 g/mol. The molecule has 0 spiro atoms. The van der Waals surface area contributed by atoms with Crippen LogP contribution in [-0.4, -0.2) is 18.3 Å². The lowest BCUT2D eigenvalue weighted by molar-refractivity contribution is 0.0515. The molecule has 108 valence electrons. The van der Waals surface area contributed by atoms with Gasteiger partial charge in [0.15, 0.2) is 0 Å². The number of carbonyl (C=O) groups excluding carboxylic acids is 1. The van der Waals surface area contributed by atoms with Crippen LogP contribution in [0.5, 0.6) is 5.75 Å². The number of benzene rings is 1. The molecule has 5 heteroatoms. The van der Waals surface area contributed by atoms with E-state index in [0.717, 1.165) is 5.75 Å². The first kappa shape index (κ1) is 15.8. The molecule has 20 heavy (non-hydrogen) atoms. The molecule has 1 rings (SSSR count). The fourth-order valence-corrected chi connectivity index (χ4v) is 1.54. The number of amides is 1. The van der Waals surface area contributed by atoms with Crippen molar-refractivity contribution in [2.24, 2.45) is 0 Å². The van der Waals surface area contributed by atoms with Gasteiger partial charge in [-0.25, -0.2) is 4.79 Å². The molecule has 1 unspecified atom stereocenters. The molecule has 1 amide bonds. The molecule has 1 N–H and O–H groups in total. The van der Waals surface area contributed by atoms with Crippen molar-refractivity contribution >= 4 is 6.09 Å². The topological polar surface area (TPSA) is 71.3 Å². The number of nitrogens with one attached hydrogen (secondary N) is 1. The quantitative estimate of drug-likeness (QED) is 0.916. The molecule has 0 aliphatic carbocycles. The molecule has 1 aromatic rings. The normalized spacial score (nSPS) is 12.2. The van der Waals surface area contributed by atoms with Crippen LogP contribution in [0.1, 0.15) is 39.3 Å². The largest absolute Gasteiger partial charge is 0.494 e. The molecular weight excluding hydrogens is 256 g/mol. The number of carbonyl (C=O) groups is 1. The van der Waals surface area contributed by atoms with Gasteiger partial charge in [-0.15, -0.1) is 0 Å². The van der Waals surface area contributed by atoms with Crippen molar-refractivity contribution in [1.82, 2.24) is 5.32 Å². The maximum Gasteiger partial charge on any atom is 0.408 e. The van der Waals surface area contributed by atoms with Crippen LogP contribution in [0.4, 0.5) is 4.79 Å². The van der Waals surface area contributed by atoms with Gasteiger partial charge in [-0.05, 0) is 45.4 Å². The van der Waals surface area contributed by atoms with E-state index in [0.29, 0.717) is 12.2 Å². The van der Waals surface area contributed by atoms with Crippen LogP contribution in [0, 0.1) is 11.3 Å². The van der Waals surface area contributed by atoms with Gasteiger partial charge in [0, 0.05) is 0 Å². The second-order valence-electron chi connectivity index (χ2n) is 5.21. The summed E-state index contributed by atoms with van der Waals surface area (Å²) >= 11 is 0. The molecule has 0 saturated carbocycles. The van der Waals surface area contributed by atoms with Gasteiger partial charge in [-0.1, -0.05) is 12.1 Å². The Balaban J connectivity index is 2.71. The van der Waals surface area contributed by atoms with Gasteiger partial charge < -0.3 is 14.8 Å². The monoisotopic (exact) mass is 276 g/mol. The number of alkyl carbamates (subject to hydrolysis) is 1. The van der Waals surface area contributed by atoms with Crippen LogP contribution < -0.4 is 10.1 Å². The van der Waals surface area contributed by atoms with Crippen molar-refractivity contribution in [3.63, 3.8) is 0 Å². The Morgan fingerprint density at radius 1 is 1.35 bits per heavy atom. The molecule has 0 aliphatic rings. The van der Waals surface area contributed by atoms with Crippen LogP contribution in [0.3, 0.4) is 0 Å². The van der Waals surface area contributed by atoms with Gasteiger partial charge in [0.05, 0.1) is 12.7 Å². The zero-order valence-corrected chi connectivity index (χ0v) is 12.3. The second kappa shape index (κ2) is 6.80. The summed E-state index contributed by atoms with van der Waals surface area (Å²) in [6, 6.07) is 8.30. The summed E-state index contributed by atoms with van der Waals surface area (Å²) in [5.74, 6) is 0.727. The van der Waals surface area contributed by atoms with E-state index in [4.69, 9.17) is 14.7 Å². The lowest BCUT2D eigenvalue weighted by Gasteiger charge is -2.21. The van der Waals surface area contributed by atoms with Crippen LogP contribution in [0.15, 0.2) is 24.3 Å². The third-order valence-electron chi connectivity index (χ3n) is 2.31. The van der Waals surface area contributed by atoms with Gasteiger partial charge >= 0.3 is 6.09 Å². The highest BCUT2D eigenvalue weighted by atomic mass is 16.6. The van der Waals surface area contributed by atoms with Crippen molar-refractivity contribution in [2.75, 3.05) is 6.61 Å². The second-order valence-corrected chi connectivity index (χ2v) is 5.21. The van der Waals surface area contributed by atoms with Crippen LogP contribution >= 0.6 is 0 Å². The highest BCUT2D eigenvalue weighted by Gasteiger charge is 2.20. The molecule has 0 fully saturated rings. The van der Waals surface area contributed by atoms with Crippen LogP contribution in [0.25, 0.3) is 0 Å². The van der Waals surface area contributed by atoms with Crippen molar-refractivity contribution in [3.8, 4) is 11.8 Å². The summed E-state index contributed by atoms with van der Waals surface area (Å²) in [5.41, 5.74) is 0.0879. The molecule has 0 heterocycles. The number of nitriles is 1. The molecule has 1 atom stereocenters. The standard InChI is InChI=1S/C15H20N2O3/c1-5-19-12-8-6-11(7-9-12)13(10-16)17-14(18)20-15(2,3)4/h6-9,13H,5H2,1-4H3,(H,17,18). The molecule has 1 aromatic carbocycles. The maximum absolute atomic E-state index is 11.7. The van der Waals surface area contributed by atoms with Gasteiger partial charge in [-0.2, -0.15) is 5.26 Å². The first-order valence-electron chi connectivity index (χ1n) is 6.47. The van der Waals surface area contributed by atoms with E-state index in [2.05, 4.69) is 5.32 Å². The first-order chi connectivity index (χ1) is 9.35. The Morgan fingerprint density at radius 3 is 2.40 bits per heavy atom. The minimum Gasteiger partial charge on any atom is -0.494 e. The van der Waals surface area contributed by atoms with Crippen molar-refractivity contribution in [1.29, 1.82) is 5.26 Å². The van der Waals surface area contributed by atoms with Crippen molar-refractivity contribution in [2.45, 2.75) is 39.3 Å². The van der Waals surface area contributed by atoms with Crippen LogP contribution in [-0.2, 0) is 4.74 Å². The number of nitrogens with zero attached hydrogens (tertiary/aromatic N) is 1. The van der Waals surface area contributed by atoms with Gasteiger partial charge in [0.1, 0.15) is 17.4 Å². The molecular formula is C15H20N2O3. The summed E-state index contributed by atoms with van der Waals surface area (Å²) in [6.45, 7) is 7.79. The van der Waals surface area contributed by atoms with E-state index in [1.165, 1.54) is 0 Å². The minimum atomic E-state index is -0.750. The summed E-state index contributed by atoms with van der Waals surface area (Å²) < 4.78 is 10.5. The zero-order valence-electron chi connectivity index (χ0n) is 12.3. The number of rotatable bonds is 4. The highest BCUT2D eigenvalue weighted by molar-refractivity contribution is 5.69. The Kier molecular flexibility index (Phi) is 5.39. The minimum absolute atomic E-state index is 0.581. The van der Waals surface area contributed by atoms with Crippen molar-refractivity contribution in [3.05, 3.63) is 29.8 Å². The van der Waals surface area contributed by atoms with Gasteiger partial charge in [-0.3, -0.25) is 0 Å². The fraction of sp³-hybridized carbons (Fsp3) is 0.467. The third kappa shape index (κ3) is 5.19. The van der Waals surface area contributed by atoms with E-state index >= 15 is 0 Å². The summed E-state index contributed by atoms with van der Waals surface area (Å²) in [6.07, 6.45) is -0.613. The van der Waals surface area contributed by atoms with Crippen LogP contribution in [0.2, 0.25) is 0 Å². The molecule has 5 nitrogen and oxygen atoms in total. The van der Waals surface area contributed by atoms with E-state index in [1.54, 1.807) is 45.0 Å². The van der Waals surface area contributed by atoms with E-state index in [1.807, 2.05) is 13.0 Å². The Labute approximate surface area is 119 Å². The molecule has 0 radical (unpaired) electrons. The van der Waals surface area contributed by atoms with E-state index in [9.17, 15) is 4.79 Å². The predicted molar refractivity (Wildman–Crippen MR) is 75.3 cm³/mol. The molecule has 0 saturated heterocycles. The Morgan fingerprint density at radius 2 is 1.95 bits per heavy atom. The van der Waals surface area contributed by atoms with Gasteiger partial charge in [0.25, 0.3) is 0 Å². The fourth-order valence-electron chi connectivity index (χ4n) is 1.54.